The molecule has 2 heterocycles. The lowest BCUT2D eigenvalue weighted by molar-refractivity contribution is -0.142. The van der Waals surface area contributed by atoms with Crippen molar-refractivity contribution in [3.05, 3.63) is 51.7 Å². The Labute approximate surface area is 134 Å². The maximum absolute atomic E-state index is 12.7. The molecule has 6 heteroatoms. The van der Waals surface area contributed by atoms with E-state index in [0.29, 0.717) is 18.8 Å². The number of hydrogen-bond donors (Lipinski definition) is 1. The largest absolute Gasteiger partial charge is 0.480 e. The van der Waals surface area contributed by atoms with Crippen molar-refractivity contribution in [1.82, 2.24) is 14.3 Å². The van der Waals surface area contributed by atoms with Crippen molar-refractivity contribution in [2.24, 2.45) is 5.92 Å². The Morgan fingerprint density at radius 2 is 1.96 bits per heavy atom. The van der Waals surface area contributed by atoms with Gasteiger partial charge in [0.15, 0.2) is 0 Å². The molecular formula is C17H21N3O3. The van der Waals surface area contributed by atoms with Gasteiger partial charge >= 0.3 is 11.7 Å². The van der Waals surface area contributed by atoms with E-state index in [1.165, 1.54) is 9.25 Å². The van der Waals surface area contributed by atoms with Crippen LogP contribution < -0.4 is 5.69 Å². The first-order valence-electron chi connectivity index (χ1n) is 7.86. The van der Waals surface area contributed by atoms with Gasteiger partial charge in [-0.25, -0.2) is 14.3 Å². The molecular weight excluding hydrogens is 294 g/mol. The predicted octanol–water partition coefficient (Wildman–Crippen LogP) is 2.17. The zero-order chi connectivity index (χ0) is 16.7. The molecule has 1 aliphatic heterocycles. The molecule has 3 atom stereocenters. The third kappa shape index (κ3) is 2.69. The number of rotatable bonds is 3. The highest BCUT2D eigenvalue weighted by atomic mass is 16.4. The second kappa shape index (κ2) is 5.68. The molecule has 0 fully saturated rings. The first kappa shape index (κ1) is 15.5. The number of aryl methyl sites for hydroxylation is 1. The van der Waals surface area contributed by atoms with Gasteiger partial charge in [0.2, 0.25) is 0 Å². The average molecular weight is 315 g/mol. The molecule has 6 nitrogen and oxygen atoms in total. The summed E-state index contributed by atoms with van der Waals surface area (Å²) in [4.78, 5) is 24.2. The van der Waals surface area contributed by atoms with Crippen LogP contribution in [0.2, 0.25) is 0 Å². The van der Waals surface area contributed by atoms with E-state index in [-0.39, 0.29) is 17.5 Å². The van der Waals surface area contributed by atoms with Crippen LogP contribution in [-0.4, -0.2) is 25.4 Å². The van der Waals surface area contributed by atoms with E-state index in [0.717, 1.165) is 11.1 Å². The summed E-state index contributed by atoms with van der Waals surface area (Å²) in [5.41, 5.74) is 1.78. The fourth-order valence-corrected chi connectivity index (χ4v) is 3.14. The van der Waals surface area contributed by atoms with Crippen LogP contribution in [0, 0.1) is 12.8 Å². The van der Waals surface area contributed by atoms with Crippen LogP contribution in [0.4, 0.5) is 0 Å². The second-order valence-corrected chi connectivity index (χ2v) is 6.51. The van der Waals surface area contributed by atoms with Crippen molar-refractivity contribution in [3.8, 4) is 0 Å². The number of aliphatic carboxylic acids is 1. The zero-order valence-electron chi connectivity index (χ0n) is 13.6. The van der Waals surface area contributed by atoms with Gasteiger partial charge in [0.1, 0.15) is 11.9 Å². The van der Waals surface area contributed by atoms with E-state index in [1.54, 1.807) is 0 Å². The number of hydrogen-bond acceptors (Lipinski definition) is 3. The zero-order valence-corrected chi connectivity index (χ0v) is 13.6. The van der Waals surface area contributed by atoms with Crippen molar-refractivity contribution in [2.75, 3.05) is 0 Å². The van der Waals surface area contributed by atoms with Crippen molar-refractivity contribution in [3.63, 3.8) is 0 Å². The van der Waals surface area contributed by atoms with Crippen molar-refractivity contribution in [2.45, 2.75) is 45.7 Å². The van der Waals surface area contributed by atoms with Gasteiger partial charge in [-0.2, -0.15) is 5.10 Å². The number of nitrogens with zero attached hydrogens (tertiary/aromatic N) is 3. The standard InChI is InChI=1S/C17H21N3O3/c1-10-4-6-13(7-5-10)9-19-17(23)20-14(16(21)22)8-11(2)12(3)15(20)18-19/h4-7,11-12,14H,8-9H2,1-3H3,(H,21,22). The van der Waals surface area contributed by atoms with Crippen LogP contribution in [0.15, 0.2) is 29.1 Å². The van der Waals surface area contributed by atoms with E-state index < -0.39 is 12.0 Å². The average Bonchev–Trinajstić information content (AvgIpc) is 2.82. The minimum absolute atomic E-state index is 0.0672. The lowest BCUT2D eigenvalue weighted by atomic mass is 9.85. The summed E-state index contributed by atoms with van der Waals surface area (Å²) >= 11 is 0. The molecule has 122 valence electrons. The molecule has 0 spiro atoms. The van der Waals surface area contributed by atoms with Crippen molar-refractivity contribution < 1.29 is 9.90 Å². The smallest absolute Gasteiger partial charge is 0.347 e. The fourth-order valence-electron chi connectivity index (χ4n) is 3.14. The SMILES string of the molecule is Cc1ccc(Cn2nc3n(c2=O)C(C(=O)O)CC(C)C3C)cc1. The number of aromatic nitrogens is 3. The predicted molar refractivity (Wildman–Crippen MR) is 85.6 cm³/mol. The molecule has 0 amide bonds. The molecule has 0 saturated heterocycles. The summed E-state index contributed by atoms with van der Waals surface area (Å²) in [5.74, 6) is -0.147. The van der Waals surface area contributed by atoms with Crippen LogP contribution in [0.25, 0.3) is 0 Å². The molecule has 1 aromatic heterocycles. The van der Waals surface area contributed by atoms with Crippen molar-refractivity contribution in [1.29, 1.82) is 0 Å². The molecule has 23 heavy (non-hydrogen) atoms. The van der Waals surface area contributed by atoms with Crippen LogP contribution in [0.1, 0.15) is 49.2 Å². The van der Waals surface area contributed by atoms with Gasteiger partial charge in [-0.05, 0) is 24.8 Å². The fraction of sp³-hybridized carbons (Fsp3) is 0.471. The van der Waals surface area contributed by atoms with Gasteiger partial charge in [0.05, 0.1) is 6.54 Å². The van der Waals surface area contributed by atoms with E-state index in [1.807, 2.05) is 45.0 Å². The highest BCUT2D eigenvalue weighted by Crippen LogP contribution is 2.35. The van der Waals surface area contributed by atoms with E-state index in [2.05, 4.69) is 5.10 Å². The van der Waals surface area contributed by atoms with Crippen LogP contribution in [0.3, 0.4) is 0 Å². The lowest BCUT2D eigenvalue weighted by Gasteiger charge is -2.29. The minimum atomic E-state index is -0.970. The second-order valence-electron chi connectivity index (χ2n) is 6.51. The van der Waals surface area contributed by atoms with Crippen LogP contribution in [-0.2, 0) is 11.3 Å². The summed E-state index contributed by atoms with van der Waals surface area (Å²) in [6.45, 7) is 6.36. The highest BCUT2D eigenvalue weighted by molar-refractivity contribution is 5.72. The normalized spacial score (nSPS) is 23.5. The van der Waals surface area contributed by atoms with Gasteiger partial charge < -0.3 is 5.11 Å². The molecule has 1 aromatic carbocycles. The van der Waals surface area contributed by atoms with Gasteiger partial charge in [0, 0.05) is 5.92 Å². The Hall–Kier alpha value is -2.37. The Balaban J connectivity index is 2.03. The number of carboxylic acid groups (broad SMARTS) is 1. The molecule has 0 saturated carbocycles. The maximum Gasteiger partial charge on any atom is 0.347 e. The van der Waals surface area contributed by atoms with Gasteiger partial charge in [-0.15, -0.1) is 0 Å². The summed E-state index contributed by atoms with van der Waals surface area (Å²) in [7, 11) is 0. The van der Waals surface area contributed by atoms with Gasteiger partial charge in [-0.1, -0.05) is 43.7 Å². The molecule has 2 aromatic rings. The van der Waals surface area contributed by atoms with E-state index in [9.17, 15) is 14.7 Å². The Bertz CT molecular complexity index is 788. The van der Waals surface area contributed by atoms with Gasteiger partial charge in [0.25, 0.3) is 0 Å². The molecule has 1 N–H and O–H groups in total. The molecule has 0 aliphatic carbocycles. The van der Waals surface area contributed by atoms with Crippen molar-refractivity contribution >= 4 is 5.97 Å². The molecule has 0 radical (unpaired) electrons. The third-order valence-corrected chi connectivity index (χ3v) is 4.80. The first-order chi connectivity index (χ1) is 10.9. The quantitative estimate of drug-likeness (QED) is 0.941. The van der Waals surface area contributed by atoms with Gasteiger partial charge in [-0.3, -0.25) is 4.57 Å². The molecule has 3 unspecified atom stereocenters. The summed E-state index contributed by atoms with van der Waals surface area (Å²) in [6, 6.07) is 7.07. The molecule has 0 bridgehead atoms. The van der Waals surface area contributed by atoms with Crippen LogP contribution in [0.5, 0.6) is 0 Å². The highest BCUT2D eigenvalue weighted by Gasteiger charge is 2.37. The maximum atomic E-state index is 12.7. The Kier molecular flexibility index (Phi) is 3.83. The summed E-state index contributed by atoms with van der Waals surface area (Å²) in [6.07, 6.45) is 0.458. The molecule has 1 aliphatic rings. The summed E-state index contributed by atoms with van der Waals surface area (Å²) in [5, 5.41) is 13.9. The molecule has 3 rings (SSSR count). The number of fused-ring (bicyclic) bond motifs is 1. The summed E-state index contributed by atoms with van der Waals surface area (Å²) < 4.78 is 2.74. The lowest BCUT2D eigenvalue weighted by Crippen LogP contribution is -2.37. The first-order valence-corrected chi connectivity index (χ1v) is 7.86. The number of carboxylic acids is 1. The topological polar surface area (TPSA) is 77.1 Å². The Morgan fingerprint density at radius 3 is 2.57 bits per heavy atom. The third-order valence-electron chi connectivity index (χ3n) is 4.80. The van der Waals surface area contributed by atoms with Crippen LogP contribution >= 0.6 is 0 Å². The monoisotopic (exact) mass is 315 g/mol. The number of benzene rings is 1. The van der Waals surface area contributed by atoms with E-state index >= 15 is 0 Å². The van der Waals surface area contributed by atoms with E-state index in [4.69, 9.17) is 0 Å². The minimum Gasteiger partial charge on any atom is -0.480 e. The Morgan fingerprint density at radius 1 is 1.30 bits per heavy atom. The number of carbonyl (C=O) groups is 1.